The van der Waals surface area contributed by atoms with Crippen LogP contribution in [0.15, 0.2) is 146 Å². The van der Waals surface area contributed by atoms with Gasteiger partial charge in [0.15, 0.2) is 17.5 Å². The van der Waals surface area contributed by atoms with Gasteiger partial charge in [-0.2, -0.15) is 13.2 Å². The van der Waals surface area contributed by atoms with Crippen LogP contribution in [0.2, 0.25) is 0 Å². The first kappa shape index (κ1) is 32.1. The zero-order valence-corrected chi connectivity index (χ0v) is 28.3. The third-order valence-electron chi connectivity index (χ3n) is 9.24. The predicted octanol–water partition coefficient (Wildman–Crippen LogP) is 12.0. The highest BCUT2D eigenvalue weighted by Gasteiger charge is 2.30. The fraction of sp³-hybridized carbons (Fsp3) is 0.114. The Balaban J connectivity index is 1.45. The van der Waals surface area contributed by atoms with E-state index >= 15 is 0 Å². The van der Waals surface area contributed by atoms with Crippen LogP contribution >= 0.6 is 0 Å². The molecule has 0 saturated carbocycles. The zero-order valence-electron chi connectivity index (χ0n) is 28.3. The van der Waals surface area contributed by atoms with Crippen molar-refractivity contribution < 1.29 is 13.2 Å². The molecule has 0 atom stereocenters. The van der Waals surface area contributed by atoms with Gasteiger partial charge in [0.1, 0.15) is 0 Å². The highest BCUT2D eigenvalue weighted by molar-refractivity contribution is 6.10. The van der Waals surface area contributed by atoms with Crippen LogP contribution in [-0.4, -0.2) is 19.5 Å². The van der Waals surface area contributed by atoms with E-state index < -0.39 is 11.7 Å². The van der Waals surface area contributed by atoms with Gasteiger partial charge in [0, 0.05) is 27.5 Å². The average Bonchev–Trinajstić information content (AvgIpc) is 3.48. The van der Waals surface area contributed by atoms with E-state index in [4.69, 9.17) is 15.0 Å². The lowest BCUT2D eigenvalue weighted by molar-refractivity contribution is -0.137. The van der Waals surface area contributed by atoms with Crippen molar-refractivity contribution in [3.8, 4) is 51.0 Å². The summed E-state index contributed by atoms with van der Waals surface area (Å²) in [6.07, 6.45) is -4.47. The SMILES string of the molecule is CC(C)(C)c1ccc2c(c1)c1ccccc1n2-c1cc(-c2cccc(C(F)(F)F)c2)ccc1-c1nc(-c2ccccc2)nc(-c2ccccc2)n1. The summed E-state index contributed by atoms with van der Waals surface area (Å²) in [4.78, 5) is 15.0. The molecule has 7 heteroatoms. The van der Waals surface area contributed by atoms with Gasteiger partial charge < -0.3 is 4.57 Å². The number of alkyl halides is 3. The number of aromatic nitrogens is 4. The van der Waals surface area contributed by atoms with Crippen LogP contribution in [0, 0.1) is 0 Å². The monoisotopic (exact) mass is 674 g/mol. The molecule has 8 aromatic rings. The van der Waals surface area contributed by atoms with Crippen LogP contribution in [0.5, 0.6) is 0 Å². The molecule has 0 fully saturated rings. The number of fused-ring (bicyclic) bond motifs is 3. The lowest BCUT2D eigenvalue weighted by Gasteiger charge is -2.20. The van der Waals surface area contributed by atoms with Gasteiger partial charge >= 0.3 is 6.18 Å². The molecule has 0 saturated heterocycles. The molecule has 51 heavy (non-hydrogen) atoms. The molecule has 0 bridgehead atoms. The molecular weight excluding hydrogens is 642 g/mol. The summed E-state index contributed by atoms with van der Waals surface area (Å²) in [5.74, 6) is 1.49. The summed E-state index contributed by atoms with van der Waals surface area (Å²) >= 11 is 0. The highest BCUT2D eigenvalue weighted by atomic mass is 19.4. The van der Waals surface area contributed by atoms with E-state index in [1.54, 1.807) is 6.07 Å². The number of hydrogen-bond acceptors (Lipinski definition) is 3. The van der Waals surface area contributed by atoms with Gasteiger partial charge in [-0.15, -0.1) is 0 Å². The van der Waals surface area contributed by atoms with E-state index in [0.717, 1.165) is 44.7 Å². The number of hydrogen-bond donors (Lipinski definition) is 0. The minimum absolute atomic E-state index is 0.0709. The Bertz CT molecular complexity index is 2490. The molecule has 4 nitrogen and oxygen atoms in total. The second kappa shape index (κ2) is 12.4. The predicted molar refractivity (Wildman–Crippen MR) is 200 cm³/mol. The molecule has 0 N–H and O–H groups in total. The Morgan fingerprint density at radius 1 is 0.451 bits per heavy atom. The third kappa shape index (κ3) is 6.05. The third-order valence-corrected chi connectivity index (χ3v) is 9.24. The molecule has 250 valence electrons. The molecule has 0 spiro atoms. The van der Waals surface area contributed by atoms with Gasteiger partial charge in [0.2, 0.25) is 0 Å². The lowest BCUT2D eigenvalue weighted by Crippen LogP contribution is -2.10. The van der Waals surface area contributed by atoms with Gasteiger partial charge in [-0.3, -0.25) is 0 Å². The molecule has 0 aliphatic rings. The molecule has 0 radical (unpaired) electrons. The van der Waals surface area contributed by atoms with Gasteiger partial charge in [-0.05, 0) is 64.6 Å². The van der Waals surface area contributed by atoms with Crippen molar-refractivity contribution in [1.82, 2.24) is 19.5 Å². The second-order valence-electron chi connectivity index (χ2n) is 13.7. The van der Waals surface area contributed by atoms with Crippen LogP contribution in [0.25, 0.3) is 72.8 Å². The van der Waals surface area contributed by atoms with E-state index in [2.05, 4.69) is 55.7 Å². The Hall–Kier alpha value is -6.08. The number of rotatable bonds is 5. The molecule has 0 aliphatic carbocycles. The Morgan fingerprint density at radius 3 is 1.67 bits per heavy atom. The fourth-order valence-electron chi connectivity index (χ4n) is 6.59. The van der Waals surface area contributed by atoms with Crippen LogP contribution in [0.4, 0.5) is 13.2 Å². The van der Waals surface area contributed by atoms with Crippen LogP contribution in [0.1, 0.15) is 31.9 Å². The smallest absolute Gasteiger partial charge is 0.308 e. The summed E-state index contributed by atoms with van der Waals surface area (Å²) in [5, 5.41) is 2.15. The molecule has 2 aromatic heterocycles. The van der Waals surface area contributed by atoms with Crippen molar-refractivity contribution >= 4 is 21.8 Å². The molecule has 0 aliphatic heterocycles. The number of para-hydroxylation sites is 1. The van der Waals surface area contributed by atoms with Crippen LogP contribution in [0.3, 0.4) is 0 Å². The van der Waals surface area contributed by atoms with Crippen molar-refractivity contribution in [2.45, 2.75) is 32.4 Å². The van der Waals surface area contributed by atoms with Crippen LogP contribution < -0.4 is 0 Å². The molecule has 0 unspecified atom stereocenters. The topological polar surface area (TPSA) is 43.6 Å². The van der Waals surface area contributed by atoms with Crippen molar-refractivity contribution in [1.29, 1.82) is 0 Å². The normalized spacial score (nSPS) is 12.1. The summed E-state index contributed by atoms with van der Waals surface area (Å²) in [6, 6.07) is 45.4. The van der Waals surface area contributed by atoms with Gasteiger partial charge in [0.05, 0.1) is 22.3 Å². The molecular formula is C44H33F3N4. The Morgan fingerprint density at radius 2 is 1.02 bits per heavy atom. The number of halogens is 3. The average molecular weight is 675 g/mol. The highest BCUT2D eigenvalue weighted by Crippen LogP contribution is 2.40. The van der Waals surface area contributed by atoms with Crippen molar-refractivity contribution in [2.75, 3.05) is 0 Å². The van der Waals surface area contributed by atoms with Gasteiger partial charge in [0.25, 0.3) is 0 Å². The van der Waals surface area contributed by atoms with E-state index in [1.165, 1.54) is 17.7 Å². The molecule has 6 aromatic carbocycles. The minimum Gasteiger partial charge on any atom is -0.308 e. The van der Waals surface area contributed by atoms with Crippen LogP contribution in [-0.2, 0) is 11.6 Å². The van der Waals surface area contributed by atoms with E-state index in [0.29, 0.717) is 34.2 Å². The van der Waals surface area contributed by atoms with E-state index in [-0.39, 0.29) is 5.41 Å². The maximum Gasteiger partial charge on any atom is 0.416 e. The first-order valence-electron chi connectivity index (χ1n) is 16.8. The first-order chi connectivity index (χ1) is 24.5. The standard InChI is InChI=1S/C44H33F3N4/c1-43(2,3)32-22-24-38-36(27-32)34-19-10-11-20-37(34)51(38)39-26-31(30-17-12-18-33(25-30)44(45,46)47)21-23-35(39)42-49-40(28-13-6-4-7-14-28)48-41(50-42)29-15-8-5-9-16-29/h4-27H,1-3H3. The van der Waals surface area contributed by atoms with E-state index in [9.17, 15) is 13.2 Å². The maximum atomic E-state index is 13.9. The second-order valence-corrected chi connectivity index (χ2v) is 13.7. The molecule has 0 amide bonds. The molecule has 2 heterocycles. The van der Waals surface area contributed by atoms with Crippen molar-refractivity contribution in [3.05, 3.63) is 157 Å². The van der Waals surface area contributed by atoms with Gasteiger partial charge in [-0.25, -0.2) is 15.0 Å². The first-order valence-corrected chi connectivity index (χ1v) is 16.8. The Kier molecular flexibility index (Phi) is 7.79. The number of nitrogens with zero attached hydrogens (tertiary/aromatic N) is 4. The van der Waals surface area contributed by atoms with Crippen molar-refractivity contribution in [3.63, 3.8) is 0 Å². The molecule has 8 rings (SSSR count). The van der Waals surface area contributed by atoms with E-state index in [1.807, 2.05) is 91.0 Å². The summed E-state index contributed by atoms with van der Waals surface area (Å²) in [5.41, 5.74) is 6.58. The largest absolute Gasteiger partial charge is 0.416 e. The Labute approximate surface area is 293 Å². The van der Waals surface area contributed by atoms with Gasteiger partial charge in [-0.1, -0.05) is 124 Å². The maximum absolute atomic E-state index is 13.9. The zero-order chi connectivity index (χ0) is 35.3. The summed E-state index contributed by atoms with van der Waals surface area (Å²) in [7, 11) is 0. The number of benzene rings is 6. The quantitative estimate of drug-likeness (QED) is 0.182. The summed E-state index contributed by atoms with van der Waals surface area (Å²) in [6.45, 7) is 6.58. The minimum atomic E-state index is -4.47. The van der Waals surface area contributed by atoms with Crippen molar-refractivity contribution in [2.24, 2.45) is 0 Å². The lowest BCUT2D eigenvalue weighted by atomic mass is 9.86. The fourth-order valence-corrected chi connectivity index (χ4v) is 6.59. The summed E-state index contributed by atoms with van der Waals surface area (Å²) < 4.78 is 43.8.